The first-order valence-electron chi connectivity index (χ1n) is 5.07. The molecule has 0 N–H and O–H groups in total. The largest absolute Gasteiger partial charge is 0.463 e. The number of thiophene rings is 1. The summed E-state index contributed by atoms with van der Waals surface area (Å²) in [5.74, 6) is -7.64. The maximum atomic E-state index is 12.9. The summed E-state index contributed by atoms with van der Waals surface area (Å²) < 4.78 is 62.5. The van der Waals surface area contributed by atoms with Crippen molar-refractivity contribution >= 4 is 28.8 Å². The summed E-state index contributed by atoms with van der Waals surface area (Å²) in [5.41, 5.74) is 0. The van der Waals surface area contributed by atoms with Crippen LogP contribution in [0.25, 0.3) is 0 Å². The highest BCUT2D eigenvalue weighted by molar-refractivity contribution is 7.16. The zero-order chi connectivity index (χ0) is 14.8. The van der Waals surface area contributed by atoms with Crippen molar-refractivity contribution in [1.29, 1.82) is 0 Å². The number of amides is 1. The molecule has 1 heterocycles. The van der Waals surface area contributed by atoms with Gasteiger partial charge in [0.05, 0.1) is 10.9 Å². The number of hydrogen-bond acceptors (Lipinski definition) is 2. The van der Waals surface area contributed by atoms with E-state index in [2.05, 4.69) is 0 Å². The third kappa shape index (κ3) is 3.56. The monoisotopic (exact) mass is 321 g/mol. The van der Waals surface area contributed by atoms with Crippen LogP contribution in [0, 0.1) is 0 Å². The minimum absolute atomic E-state index is 0.264. The molecule has 108 valence electrons. The van der Waals surface area contributed by atoms with Crippen LogP contribution in [0.5, 0.6) is 0 Å². The molecule has 0 aliphatic heterocycles. The van der Waals surface area contributed by atoms with Crippen LogP contribution in [-0.2, 0) is 11.3 Å². The molecule has 9 heteroatoms. The maximum absolute atomic E-state index is 12.9. The van der Waals surface area contributed by atoms with Crippen LogP contribution in [0.2, 0.25) is 4.34 Å². The van der Waals surface area contributed by atoms with Gasteiger partial charge >= 0.3 is 18.0 Å². The van der Waals surface area contributed by atoms with Crippen LogP contribution >= 0.6 is 22.9 Å². The molecule has 0 aliphatic rings. The molecule has 0 aromatic carbocycles. The Morgan fingerprint density at radius 3 is 2.26 bits per heavy atom. The molecule has 1 aromatic rings. The molecular formula is C10H9ClF5NOS. The van der Waals surface area contributed by atoms with Gasteiger partial charge < -0.3 is 4.90 Å². The van der Waals surface area contributed by atoms with Gasteiger partial charge in [-0.05, 0) is 19.1 Å². The maximum Gasteiger partial charge on any atom is 0.463 e. The molecule has 0 aliphatic carbocycles. The second-order valence-corrected chi connectivity index (χ2v) is 5.40. The minimum Gasteiger partial charge on any atom is -0.332 e. The number of hydrogen-bond donors (Lipinski definition) is 0. The third-order valence-corrected chi connectivity index (χ3v) is 3.49. The van der Waals surface area contributed by atoms with E-state index < -0.39 is 18.0 Å². The van der Waals surface area contributed by atoms with E-state index in [-0.39, 0.29) is 13.1 Å². The van der Waals surface area contributed by atoms with Gasteiger partial charge in [-0.1, -0.05) is 11.6 Å². The smallest absolute Gasteiger partial charge is 0.332 e. The van der Waals surface area contributed by atoms with Crippen molar-refractivity contribution in [2.75, 3.05) is 6.54 Å². The van der Waals surface area contributed by atoms with Crippen molar-refractivity contribution in [3.8, 4) is 0 Å². The molecule has 2 nitrogen and oxygen atoms in total. The molecule has 0 saturated heterocycles. The average molecular weight is 322 g/mol. The summed E-state index contributed by atoms with van der Waals surface area (Å²) in [5, 5.41) is 0. The molecule has 0 radical (unpaired) electrons. The number of carbonyl (C=O) groups is 1. The van der Waals surface area contributed by atoms with Gasteiger partial charge in [-0.2, -0.15) is 22.0 Å². The van der Waals surface area contributed by atoms with Crippen molar-refractivity contribution in [2.45, 2.75) is 25.6 Å². The van der Waals surface area contributed by atoms with Gasteiger partial charge in [0.25, 0.3) is 0 Å². The second-order valence-electron chi connectivity index (χ2n) is 3.60. The van der Waals surface area contributed by atoms with E-state index in [1.165, 1.54) is 19.1 Å². The zero-order valence-electron chi connectivity index (χ0n) is 9.60. The Kier molecular flexibility index (Phi) is 4.78. The van der Waals surface area contributed by atoms with Gasteiger partial charge in [0.2, 0.25) is 0 Å². The lowest BCUT2D eigenvalue weighted by Crippen LogP contribution is -2.51. The summed E-state index contributed by atoms with van der Waals surface area (Å²) in [7, 11) is 0. The van der Waals surface area contributed by atoms with Gasteiger partial charge in [0, 0.05) is 11.4 Å². The molecule has 1 aromatic heterocycles. The fraction of sp³-hybridized carbons (Fsp3) is 0.500. The van der Waals surface area contributed by atoms with Crippen LogP contribution in [0.3, 0.4) is 0 Å². The van der Waals surface area contributed by atoms with Gasteiger partial charge in [-0.3, -0.25) is 4.79 Å². The van der Waals surface area contributed by atoms with Gasteiger partial charge in [-0.25, -0.2) is 0 Å². The third-order valence-electron chi connectivity index (χ3n) is 2.27. The number of nitrogens with zero attached hydrogens (tertiary/aromatic N) is 1. The quantitative estimate of drug-likeness (QED) is 0.769. The Bertz CT molecular complexity index is 459. The van der Waals surface area contributed by atoms with Crippen molar-refractivity contribution in [3.05, 3.63) is 21.3 Å². The fourth-order valence-electron chi connectivity index (χ4n) is 1.27. The molecule has 1 amide bonds. The second kappa shape index (κ2) is 5.62. The lowest BCUT2D eigenvalue weighted by atomic mass is 10.2. The minimum atomic E-state index is -5.90. The van der Waals surface area contributed by atoms with E-state index in [1.807, 2.05) is 0 Å². The van der Waals surface area contributed by atoms with E-state index in [0.29, 0.717) is 14.1 Å². The van der Waals surface area contributed by atoms with Crippen LogP contribution < -0.4 is 0 Å². The summed E-state index contributed by atoms with van der Waals surface area (Å²) in [6.07, 6.45) is -5.90. The number of rotatable bonds is 4. The lowest BCUT2D eigenvalue weighted by Gasteiger charge is -2.26. The van der Waals surface area contributed by atoms with Crippen LogP contribution in [0.15, 0.2) is 12.1 Å². The first-order valence-corrected chi connectivity index (χ1v) is 6.27. The predicted octanol–water partition coefficient (Wildman–Crippen LogP) is 3.95. The van der Waals surface area contributed by atoms with E-state index in [1.54, 1.807) is 0 Å². The Labute approximate surface area is 114 Å². The first kappa shape index (κ1) is 16.2. The summed E-state index contributed by atoms with van der Waals surface area (Å²) in [4.78, 5) is 12.2. The molecule has 0 fully saturated rings. The SMILES string of the molecule is CCN(Cc1ccc(Cl)s1)C(=O)C(F)(F)C(F)(F)F. The van der Waals surface area contributed by atoms with Crippen LogP contribution in [-0.4, -0.2) is 29.5 Å². The summed E-state index contributed by atoms with van der Waals surface area (Å²) in [6.45, 7) is 0.720. The molecule has 1 rings (SSSR count). The molecule has 0 atom stereocenters. The molecule has 0 saturated carbocycles. The van der Waals surface area contributed by atoms with Crippen LogP contribution in [0.1, 0.15) is 11.8 Å². The first-order chi connectivity index (χ1) is 8.59. The number of carbonyl (C=O) groups excluding carboxylic acids is 1. The van der Waals surface area contributed by atoms with Crippen molar-refractivity contribution in [2.24, 2.45) is 0 Å². The highest BCUT2D eigenvalue weighted by Crippen LogP contribution is 2.37. The molecule has 0 bridgehead atoms. The standard InChI is InChI=1S/C10H9ClF5NOS/c1-2-17(5-6-3-4-7(11)19-6)8(18)9(12,13)10(14,15)16/h3-4H,2,5H2,1H3. The average Bonchev–Trinajstić information content (AvgIpc) is 2.69. The Morgan fingerprint density at radius 2 is 1.89 bits per heavy atom. The van der Waals surface area contributed by atoms with E-state index in [0.717, 1.165) is 11.3 Å². The number of alkyl halides is 5. The highest BCUT2D eigenvalue weighted by Gasteiger charge is 2.64. The van der Waals surface area contributed by atoms with E-state index >= 15 is 0 Å². The van der Waals surface area contributed by atoms with E-state index in [4.69, 9.17) is 11.6 Å². The van der Waals surface area contributed by atoms with Crippen LogP contribution in [0.4, 0.5) is 22.0 Å². The molecule has 19 heavy (non-hydrogen) atoms. The zero-order valence-corrected chi connectivity index (χ0v) is 11.2. The Hall–Kier alpha value is -0.890. The molecular weight excluding hydrogens is 313 g/mol. The highest BCUT2D eigenvalue weighted by atomic mass is 35.5. The predicted molar refractivity (Wildman–Crippen MR) is 61.4 cm³/mol. The fourth-order valence-corrected chi connectivity index (χ4v) is 2.38. The molecule has 0 unspecified atom stereocenters. The normalized spacial score (nSPS) is 12.6. The summed E-state index contributed by atoms with van der Waals surface area (Å²) >= 11 is 6.63. The number of halogens is 6. The topological polar surface area (TPSA) is 20.3 Å². The van der Waals surface area contributed by atoms with Gasteiger partial charge in [-0.15, -0.1) is 11.3 Å². The Balaban J connectivity index is 2.89. The molecule has 0 spiro atoms. The summed E-state index contributed by atoms with van der Waals surface area (Å²) in [6, 6.07) is 2.94. The van der Waals surface area contributed by atoms with Gasteiger partial charge in [0.1, 0.15) is 0 Å². The van der Waals surface area contributed by atoms with Crippen molar-refractivity contribution in [3.63, 3.8) is 0 Å². The van der Waals surface area contributed by atoms with Crippen molar-refractivity contribution < 1.29 is 26.7 Å². The van der Waals surface area contributed by atoms with Gasteiger partial charge in [0.15, 0.2) is 0 Å². The lowest BCUT2D eigenvalue weighted by molar-refractivity contribution is -0.274. The Morgan fingerprint density at radius 1 is 1.32 bits per heavy atom. The van der Waals surface area contributed by atoms with E-state index in [9.17, 15) is 26.7 Å². The van der Waals surface area contributed by atoms with Crippen molar-refractivity contribution in [1.82, 2.24) is 4.90 Å².